The molecule has 2 rings (SSSR count). The average Bonchev–Trinajstić information content (AvgIpc) is 2.59. The fraction of sp³-hybridized carbons (Fsp3) is 0.176. The lowest BCUT2D eigenvalue weighted by molar-refractivity contribution is 0.0600. The number of Topliss-reactive ketones (excluding diaryl/α,β-unsaturated/α-hetero) is 1. The van der Waals surface area contributed by atoms with E-state index in [1.165, 1.54) is 44.6 Å². The van der Waals surface area contributed by atoms with E-state index in [9.17, 15) is 14.0 Å². The first-order valence-electron chi connectivity index (χ1n) is 6.83. The van der Waals surface area contributed by atoms with Crippen LogP contribution in [0.3, 0.4) is 0 Å². The Morgan fingerprint density at radius 3 is 2.29 bits per heavy atom. The lowest BCUT2D eigenvalue weighted by atomic mass is 10.1. The van der Waals surface area contributed by atoms with Crippen LogP contribution >= 0.6 is 15.9 Å². The molecule has 2 aromatic rings. The Balaban J connectivity index is 2.06. The fourth-order valence-corrected chi connectivity index (χ4v) is 2.42. The molecule has 0 aliphatic heterocycles. The maximum atomic E-state index is 13.6. The molecular formula is C17H14BrFO5. The Morgan fingerprint density at radius 1 is 1.04 bits per heavy atom. The van der Waals surface area contributed by atoms with E-state index in [0.29, 0.717) is 15.8 Å². The highest BCUT2D eigenvalue weighted by Crippen LogP contribution is 2.26. The van der Waals surface area contributed by atoms with E-state index in [1.54, 1.807) is 0 Å². The predicted octanol–water partition coefficient (Wildman–Crippen LogP) is 3.65. The van der Waals surface area contributed by atoms with Crippen LogP contribution in [0.1, 0.15) is 20.7 Å². The molecule has 0 amide bonds. The van der Waals surface area contributed by atoms with E-state index >= 15 is 0 Å². The van der Waals surface area contributed by atoms with Crippen molar-refractivity contribution in [1.82, 2.24) is 0 Å². The summed E-state index contributed by atoms with van der Waals surface area (Å²) in [5.74, 6) is -1.04. The van der Waals surface area contributed by atoms with Gasteiger partial charge in [0.05, 0.1) is 24.3 Å². The van der Waals surface area contributed by atoms with E-state index in [0.717, 1.165) is 6.07 Å². The van der Waals surface area contributed by atoms with Crippen molar-refractivity contribution in [1.29, 1.82) is 0 Å². The Bertz CT molecular complexity index is 776. The van der Waals surface area contributed by atoms with Crippen LogP contribution in [0.25, 0.3) is 0 Å². The molecule has 0 heterocycles. The zero-order valence-corrected chi connectivity index (χ0v) is 14.6. The monoisotopic (exact) mass is 396 g/mol. The van der Waals surface area contributed by atoms with Gasteiger partial charge >= 0.3 is 5.97 Å². The maximum absolute atomic E-state index is 13.6. The Labute approximate surface area is 146 Å². The molecule has 7 heteroatoms. The largest absolute Gasteiger partial charge is 0.494 e. The molecule has 126 valence electrons. The van der Waals surface area contributed by atoms with Crippen LogP contribution in [-0.2, 0) is 4.74 Å². The normalized spacial score (nSPS) is 10.2. The number of benzene rings is 2. The number of carbonyl (C=O) groups is 2. The van der Waals surface area contributed by atoms with Crippen LogP contribution in [0.5, 0.6) is 11.5 Å². The molecule has 0 fully saturated rings. The zero-order valence-electron chi connectivity index (χ0n) is 13.0. The highest BCUT2D eigenvalue weighted by Gasteiger charge is 2.13. The van der Waals surface area contributed by atoms with Gasteiger partial charge in [-0.15, -0.1) is 0 Å². The predicted molar refractivity (Wildman–Crippen MR) is 88.3 cm³/mol. The van der Waals surface area contributed by atoms with Crippen LogP contribution in [0.4, 0.5) is 4.39 Å². The first kappa shape index (κ1) is 17.9. The van der Waals surface area contributed by atoms with Crippen molar-refractivity contribution >= 4 is 27.7 Å². The number of hydrogen-bond acceptors (Lipinski definition) is 5. The number of methoxy groups -OCH3 is 2. The number of carbonyl (C=O) groups excluding carboxylic acids is 2. The summed E-state index contributed by atoms with van der Waals surface area (Å²) in [6, 6.07) is 8.52. The van der Waals surface area contributed by atoms with Gasteiger partial charge in [-0.1, -0.05) is 0 Å². The van der Waals surface area contributed by atoms with E-state index in [4.69, 9.17) is 9.47 Å². The molecule has 24 heavy (non-hydrogen) atoms. The summed E-state index contributed by atoms with van der Waals surface area (Å²) in [5.41, 5.74) is 0.524. The number of ether oxygens (including phenoxy) is 3. The summed E-state index contributed by atoms with van der Waals surface area (Å²) < 4.78 is 29.0. The lowest BCUT2D eigenvalue weighted by Crippen LogP contribution is -2.12. The van der Waals surface area contributed by atoms with Crippen LogP contribution in [0, 0.1) is 5.82 Å². The molecule has 0 N–H and O–H groups in total. The highest BCUT2D eigenvalue weighted by atomic mass is 79.9. The molecule has 0 bridgehead atoms. The number of esters is 1. The van der Waals surface area contributed by atoms with Gasteiger partial charge in [0.2, 0.25) is 0 Å². The zero-order chi connectivity index (χ0) is 17.7. The average molecular weight is 397 g/mol. The van der Waals surface area contributed by atoms with Crippen molar-refractivity contribution < 1.29 is 28.2 Å². The van der Waals surface area contributed by atoms with E-state index in [1.807, 2.05) is 0 Å². The first-order chi connectivity index (χ1) is 11.5. The third-order valence-corrected chi connectivity index (χ3v) is 3.81. The molecule has 0 saturated carbocycles. The summed E-state index contributed by atoms with van der Waals surface area (Å²) >= 11 is 3.26. The minimum atomic E-state index is -0.619. The summed E-state index contributed by atoms with van der Waals surface area (Å²) in [7, 11) is 2.63. The van der Waals surface area contributed by atoms with E-state index in [-0.39, 0.29) is 23.7 Å². The summed E-state index contributed by atoms with van der Waals surface area (Å²) in [6.07, 6.45) is 0. The van der Waals surface area contributed by atoms with Crippen LogP contribution in [-0.4, -0.2) is 32.6 Å². The van der Waals surface area contributed by atoms with Gasteiger partial charge < -0.3 is 14.2 Å². The summed E-state index contributed by atoms with van der Waals surface area (Å²) in [6.45, 7) is -0.276. The van der Waals surface area contributed by atoms with Gasteiger partial charge in [-0.2, -0.15) is 0 Å². The van der Waals surface area contributed by atoms with Crippen molar-refractivity contribution in [3.63, 3.8) is 0 Å². The van der Waals surface area contributed by atoms with Crippen LogP contribution < -0.4 is 9.47 Å². The number of rotatable bonds is 6. The van der Waals surface area contributed by atoms with E-state index in [2.05, 4.69) is 20.7 Å². The van der Waals surface area contributed by atoms with Gasteiger partial charge in [0.1, 0.15) is 5.75 Å². The molecule has 0 saturated heterocycles. The minimum absolute atomic E-state index is 0.0635. The minimum Gasteiger partial charge on any atom is -0.494 e. The van der Waals surface area contributed by atoms with Gasteiger partial charge in [-0.25, -0.2) is 9.18 Å². The van der Waals surface area contributed by atoms with Gasteiger partial charge in [0.15, 0.2) is 24.0 Å². The molecule has 5 nitrogen and oxygen atoms in total. The summed E-state index contributed by atoms with van der Waals surface area (Å²) in [4.78, 5) is 23.5. The Morgan fingerprint density at radius 2 is 1.71 bits per heavy atom. The van der Waals surface area contributed by atoms with Crippen LogP contribution in [0.15, 0.2) is 40.9 Å². The molecule has 2 aromatic carbocycles. The van der Waals surface area contributed by atoms with Gasteiger partial charge in [-0.05, 0) is 52.3 Å². The Kier molecular flexibility index (Phi) is 5.92. The number of ketones is 1. The topological polar surface area (TPSA) is 61.8 Å². The number of halogens is 2. The quantitative estimate of drug-likeness (QED) is 0.550. The van der Waals surface area contributed by atoms with Crippen molar-refractivity contribution in [3.05, 3.63) is 57.8 Å². The first-order valence-corrected chi connectivity index (χ1v) is 7.63. The van der Waals surface area contributed by atoms with Crippen LogP contribution in [0.2, 0.25) is 0 Å². The highest BCUT2D eigenvalue weighted by molar-refractivity contribution is 9.10. The lowest BCUT2D eigenvalue weighted by Gasteiger charge is -2.09. The second kappa shape index (κ2) is 7.92. The summed E-state index contributed by atoms with van der Waals surface area (Å²) in [5, 5.41) is 0. The third kappa shape index (κ3) is 4.11. The fourth-order valence-electron chi connectivity index (χ4n) is 1.93. The molecular weight excluding hydrogens is 383 g/mol. The molecule has 0 atom stereocenters. The van der Waals surface area contributed by atoms with Gasteiger partial charge in [-0.3, -0.25) is 4.79 Å². The molecule has 0 aromatic heterocycles. The standard InChI is InChI=1S/C17H14BrFO5/c1-22-16-6-3-10(8-13(16)19)14(20)9-24-15-5-4-11(7-12(15)18)17(21)23-2/h3-8H,9H2,1-2H3. The van der Waals surface area contributed by atoms with Crippen molar-refractivity contribution in [2.24, 2.45) is 0 Å². The maximum Gasteiger partial charge on any atom is 0.337 e. The second-order valence-electron chi connectivity index (χ2n) is 4.70. The van der Waals surface area contributed by atoms with E-state index < -0.39 is 11.8 Å². The number of hydrogen-bond donors (Lipinski definition) is 0. The van der Waals surface area contributed by atoms with Crippen molar-refractivity contribution in [2.45, 2.75) is 0 Å². The van der Waals surface area contributed by atoms with Crippen molar-refractivity contribution in [2.75, 3.05) is 20.8 Å². The third-order valence-electron chi connectivity index (χ3n) is 3.19. The van der Waals surface area contributed by atoms with Crippen molar-refractivity contribution in [3.8, 4) is 11.5 Å². The molecule has 0 aliphatic rings. The Hall–Kier alpha value is -2.41. The smallest absolute Gasteiger partial charge is 0.337 e. The van der Waals surface area contributed by atoms with Gasteiger partial charge in [0.25, 0.3) is 0 Å². The molecule has 0 spiro atoms. The second-order valence-corrected chi connectivity index (χ2v) is 5.55. The van der Waals surface area contributed by atoms with Gasteiger partial charge in [0, 0.05) is 5.56 Å². The molecule has 0 radical (unpaired) electrons. The molecule has 0 unspecified atom stereocenters. The molecule has 0 aliphatic carbocycles. The SMILES string of the molecule is COC(=O)c1ccc(OCC(=O)c2ccc(OC)c(F)c2)c(Br)c1.